The van der Waals surface area contributed by atoms with E-state index in [9.17, 15) is 18.0 Å². The summed E-state index contributed by atoms with van der Waals surface area (Å²) in [6, 6.07) is 4.06. The number of halogens is 3. The first-order valence-corrected chi connectivity index (χ1v) is 8.66. The number of pyridine rings is 2. The van der Waals surface area contributed by atoms with Gasteiger partial charge in [-0.1, -0.05) is 0 Å². The lowest BCUT2D eigenvalue weighted by atomic mass is 10.1. The maximum Gasteiger partial charge on any atom is 0.433 e. The number of primary amides is 1. The lowest BCUT2D eigenvalue weighted by Crippen LogP contribution is -2.24. The number of alkyl halides is 3. The predicted molar refractivity (Wildman–Crippen MR) is 103 cm³/mol. The van der Waals surface area contributed by atoms with E-state index in [1.54, 1.807) is 33.0 Å². The molecule has 0 aromatic carbocycles. The zero-order valence-electron chi connectivity index (χ0n) is 16.0. The Labute approximate surface area is 164 Å². The van der Waals surface area contributed by atoms with Crippen LogP contribution in [0.3, 0.4) is 0 Å². The average molecular weight is 404 g/mol. The van der Waals surface area contributed by atoms with Crippen molar-refractivity contribution in [3.63, 3.8) is 0 Å². The van der Waals surface area contributed by atoms with Gasteiger partial charge < -0.3 is 15.5 Å². The molecule has 3 aromatic rings. The Morgan fingerprint density at radius 3 is 2.52 bits per heavy atom. The van der Waals surface area contributed by atoms with Crippen molar-refractivity contribution in [2.45, 2.75) is 32.5 Å². The Morgan fingerprint density at radius 1 is 1.17 bits per heavy atom. The van der Waals surface area contributed by atoms with Crippen LogP contribution in [0.15, 0.2) is 36.7 Å². The molecule has 0 unspecified atom stereocenters. The van der Waals surface area contributed by atoms with Crippen LogP contribution in [0.1, 0.15) is 32.0 Å². The molecule has 1 amide bonds. The van der Waals surface area contributed by atoms with Crippen LogP contribution in [0.2, 0.25) is 0 Å². The molecule has 0 atom stereocenters. The number of amides is 1. The van der Waals surface area contributed by atoms with Crippen LogP contribution in [0.4, 0.5) is 13.2 Å². The van der Waals surface area contributed by atoms with Gasteiger partial charge in [0.15, 0.2) is 0 Å². The molecule has 0 spiro atoms. The Balaban J connectivity index is 2.13. The van der Waals surface area contributed by atoms with Gasteiger partial charge in [0.2, 0.25) is 11.8 Å². The van der Waals surface area contributed by atoms with Gasteiger partial charge in [-0.15, -0.1) is 0 Å². The van der Waals surface area contributed by atoms with E-state index in [2.05, 4.69) is 15.0 Å². The molecule has 6 nitrogen and oxygen atoms in total. The second-order valence-electron chi connectivity index (χ2n) is 7.39. The minimum absolute atomic E-state index is 0.134. The van der Waals surface area contributed by atoms with E-state index in [-0.39, 0.29) is 11.4 Å². The van der Waals surface area contributed by atoms with Gasteiger partial charge >= 0.3 is 6.18 Å². The Bertz CT molecular complexity index is 1100. The number of hydrogen-bond acceptors (Lipinski definition) is 4. The molecular weight excluding hydrogens is 385 g/mol. The van der Waals surface area contributed by atoms with E-state index in [0.29, 0.717) is 22.2 Å². The van der Waals surface area contributed by atoms with Gasteiger partial charge in [0, 0.05) is 41.0 Å². The van der Waals surface area contributed by atoms with Crippen LogP contribution in [-0.2, 0) is 11.0 Å². The Hall–Kier alpha value is -3.36. The van der Waals surface area contributed by atoms with Gasteiger partial charge in [0.1, 0.15) is 16.9 Å². The summed E-state index contributed by atoms with van der Waals surface area (Å²) in [5.74, 6) is -0.748. The van der Waals surface area contributed by atoms with Crippen molar-refractivity contribution in [1.82, 2.24) is 15.0 Å². The monoisotopic (exact) mass is 404 g/mol. The maximum atomic E-state index is 13.3. The van der Waals surface area contributed by atoms with Gasteiger partial charge in [-0.05, 0) is 44.5 Å². The van der Waals surface area contributed by atoms with Crippen molar-refractivity contribution in [2.24, 2.45) is 5.73 Å². The number of aromatic amines is 1. The first-order chi connectivity index (χ1) is 13.4. The zero-order chi connectivity index (χ0) is 21.4. The lowest BCUT2D eigenvalue weighted by Gasteiger charge is -2.21. The number of hydrogen-bond donors (Lipinski definition) is 2. The Kier molecular flexibility index (Phi) is 5.08. The predicted octanol–water partition coefficient (Wildman–Crippen LogP) is 4.32. The summed E-state index contributed by atoms with van der Waals surface area (Å²) in [5, 5.41) is 0.628. The SMILES string of the molecule is CC(C)(C)Oc1cc(-c2cnc3[nH]cc(/C=C/C(N)=O)c3c2)cc(C(F)(F)F)n1. The first-order valence-electron chi connectivity index (χ1n) is 8.66. The van der Waals surface area contributed by atoms with Crippen LogP contribution in [0.5, 0.6) is 5.88 Å². The van der Waals surface area contributed by atoms with E-state index >= 15 is 0 Å². The molecule has 0 bridgehead atoms. The number of aromatic nitrogens is 3. The minimum Gasteiger partial charge on any atom is -0.472 e. The summed E-state index contributed by atoms with van der Waals surface area (Å²) >= 11 is 0. The lowest BCUT2D eigenvalue weighted by molar-refractivity contribution is -0.141. The van der Waals surface area contributed by atoms with E-state index in [0.717, 1.165) is 6.07 Å². The number of nitrogens with one attached hydrogen (secondary N) is 1. The number of carbonyl (C=O) groups is 1. The third-order valence-corrected chi connectivity index (χ3v) is 3.83. The molecule has 152 valence electrons. The zero-order valence-corrected chi connectivity index (χ0v) is 16.0. The van der Waals surface area contributed by atoms with Gasteiger partial charge in [0.25, 0.3) is 0 Å². The fraction of sp³-hybridized carbons (Fsp3) is 0.250. The summed E-state index contributed by atoms with van der Waals surface area (Å²) in [4.78, 5) is 21.8. The fourth-order valence-electron chi connectivity index (χ4n) is 2.67. The van der Waals surface area contributed by atoms with E-state index < -0.39 is 23.4 Å². The molecule has 0 saturated heterocycles. The van der Waals surface area contributed by atoms with Crippen molar-refractivity contribution in [3.05, 3.63) is 47.9 Å². The molecule has 0 radical (unpaired) electrons. The number of carbonyl (C=O) groups excluding carboxylic acids is 1. The van der Waals surface area contributed by atoms with Gasteiger partial charge in [-0.2, -0.15) is 13.2 Å². The largest absolute Gasteiger partial charge is 0.472 e. The molecule has 3 heterocycles. The topological polar surface area (TPSA) is 93.9 Å². The van der Waals surface area contributed by atoms with E-state index in [1.807, 2.05) is 0 Å². The van der Waals surface area contributed by atoms with Crippen molar-refractivity contribution in [1.29, 1.82) is 0 Å². The van der Waals surface area contributed by atoms with Crippen LogP contribution in [0, 0.1) is 0 Å². The van der Waals surface area contributed by atoms with Crippen LogP contribution < -0.4 is 10.5 Å². The molecule has 9 heteroatoms. The van der Waals surface area contributed by atoms with Crippen molar-refractivity contribution >= 4 is 23.0 Å². The summed E-state index contributed by atoms with van der Waals surface area (Å²) in [6.07, 6.45) is 1.15. The molecule has 0 aliphatic rings. The fourth-order valence-corrected chi connectivity index (χ4v) is 2.67. The molecule has 29 heavy (non-hydrogen) atoms. The second kappa shape index (κ2) is 7.23. The van der Waals surface area contributed by atoms with Crippen molar-refractivity contribution < 1.29 is 22.7 Å². The van der Waals surface area contributed by atoms with E-state index in [1.165, 1.54) is 24.4 Å². The van der Waals surface area contributed by atoms with Gasteiger partial charge in [0.05, 0.1) is 0 Å². The minimum atomic E-state index is -4.63. The number of rotatable bonds is 4. The number of nitrogens with two attached hydrogens (primary N) is 1. The molecule has 0 saturated carbocycles. The highest BCUT2D eigenvalue weighted by atomic mass is 19.4. The highest BCUT2D eigenvalue weighted by Crippen LogP contribution is 2.35. The number of ether oxygens (including phenoxy) is 1. The van der Waals surface area contributed by atoms with Crippen LogP contribution in [0.25, 0.3) is 28.2 Å². The average Bonchev–Trinajstić information content (AvgIpc) is 2.99. The third kappa shape index (κ3) is 4.92. The summed E-state index contributed by atoms with van der Waals surface area (Å²) in [7, 11) is 0. The summed E-state index contributed by atoms with van der Waals surface area (Å²) in [5.41, 5.74) is 5.19. The first kappa shape index (κ1) is 20.4. The molecule has 0 fully saturated rings. The van der Waals surface area contributed by atoms with Gasteiger partial charge in [-0.25, -0.2) is 9.97 Å². The highest BCUT2D eigenvalue weighted by Gasteiger charge is 2.34. The molecule has 0 aliphatic carbocycles. The molecule has 3 rings (SSSR count). The molecule has 3 aromatic heterocycles. The number of nitrogens with zero attached hydrogens (tertiary/aromatic N) is 2. The van der Waals surface area contributed by atoms with Gasteiger partial charge in [-0.3, -0.25) is 4.79 Å². The maximum absolute atomic E-state index is 13.3. The second-order valence-corrected chi connectivity index (χ2v) is 7.39. The molecular formula is C20H19F3N4O2. The van der Waals surface area contributed by atoms with Crippen LogP contribution >= 0.6 is 0 Å². The highest BCUT2D eigenvalue weighted by molar-refractivity contribution is 5.95. The third-order valence-electron chi connectivity index (χ3n) is 3.83. The normalized spacial score (nSPS) is 12.6. The van der Waals surface area contributed by atoms with Crippen LogP contribution in [-0.4, -0.2) is 26.5 Å². The van der Waals surface area contributed by atoms with Crippen molar-refractivity contribution in [3.8, 4) is 17.0 Å². The number of H-pyrrole nitrogens is 1. The molecule has 0 aliphatic heterocycles. The number of fused-ring (bicyclic) bond motifs is 1. The van der Waals surface area contributed by atoms with E-state index in [4.69, 9.17) is 10.5 Å². The standard InChI is InChI=1S/C20H19F3N4O2/c1-19(2,3)29-17-8-12(7-15(27-17)20(21,22)23)13-6-14-11(4-5-16(24)28)9-25-18(14)26-10-13/h4-10H,1-3H3,(H2,24,28)(H,25,26)/b5-4+. The smallest absolute Gasteiger partial charge is 0.433 e. The quantitative estimate of drug-likeness (QED) is 0.633. The summed E-state index contributed by atoms with van der Waals surface area (Å²) < 4.78 is 45.6. The Morgan fingerprint density at radius 2 is 1.90 bits per heavy atom. The molecule has 3 N–H and O–H groups in total. The summed E-state index contributed by atoms with van der Waals surface area (Å²) in [6.45, 7) is 5.16. The van der Waals surface area contributed by atoms with Crippen molar-refractivity contribution in [2.75, 3.05) is 0 Å².